The lowest BCUT2D eigenvalue weighted by Gasteiger charge is -2.28. The normalized spacial score (nSPS) is 16.6. The van der Waals surface area contributed by atoms with Crippen LogP contribution in [-0.2, 0) is 6.42 Å². The van der Waals surface area contributed by atoms with Crippen LogP contribution < -0.4 is 10.6 Å². The number of benzene rings is 1. The summed E-state index contributed by atoms with van der Waals surface area (Å²) in [6.45, 7) is 3.15. The molecule has 0 aromatic heterocycles. The van der Waals surface area contributed by atoms with Crippen molar-refractivity contribution in [1.29, 1.82) is 0 Å². The Hall–Kier alpha value is -1.06. The van der Waals surface area contributed by atoms with Crippen molar-refractivity contribution < 1.29 is 5.11 Å². The molecule has 0 aliphatic carbocycles. The fourth-order valence-corrected chi connectivity index (χ4v) is 1.57. The average molecular weight is 192 g/mol. The Balaban J connectivity index is 1.74. The second-order valence-corrected chi connectivity index (χ2v) is 3.73. The van der Waals surface area contributed by atoms with E-state index in [1.54, 1.807) is 6.07 Å². The van der Waals surface area contributed by atoms with Gasteiger partial charge in [0.05, 0.1) is 0 Å². The molecule has 76 valence electrons. The molecule has 0 saturated carbocycles. The Morgan fingerprint density at radius 3 is 2.93 bits per heavy atom. The van der Waals surface area contributed by atoms with Crippen LogP contribution in [0, 0.1) is 0 Å². The quantitative estimate of drug-likeness (QED) is 0.651. The molecule has 0 bridgehead atoms. The van der Waals surface area contributed by atoms with Crippen LogP contribution in [0.1, 0.15) is 5.56 Å². The van der Waals surface area contributed by atoms with E-state index in [1.807, 2.05) is 18.2 Å². The zero-order valence-electron chi connectivity index (χ0n) is 8.16. The van der Waals surface area contributed by atoms with Gasteiger partial charge in [0.25, 0.3) is 0 Å². The summed E-state index contributed by atoms with van der Waals surface area (Å²) in [5.41, 5.74) is 1.18. The molecule has 3 heteroatoms. The van der Waals surface area contributed by atoms with E-state index in [-0.39, 0.29) is 0 Å². The molecule has 1 fully saturated rings. The molecule has 1 aliphatic rings. The van der Waals surface area contributed by atoms with E-state index in [2.05, 4.69) is 10.6 Å². The number of rotatable bonds is 4. The molecule has 0 atom stereocenters. The third-order valence-electron chi connectivity index (χ3n) is 2.54. The van der Waals surface area contributed by atoms with Gasteiger partial charge >= 0.3 is 0 Å². The molecule has 0 amide bonds. The summed E-state index contributed by atoms with van der Waals surface area (Å²) in [5, 5.41) is 15.9. The predicted octanol–water partition coefficient (Wildman–Crippen LogP) is 0.496. The number of nitrogens with one attached hydrogen (secondary N) is 2. The monoisotopic (exact) mass is 192 g/mol. The standard InChI is InChI=1S/C11H16N2O/c14-11-3-1-2-9(6-11)4-5-13-10-7-12-8-10/h1-3,6,10,12-14H,4-5,7-8H2. The first kappa shape index (κ1) is 9.49. The van der Waals surface area contributed by atoms with Crippen LogP contribution in [0.5, 0.6) is 5.75 Å². The molecule has 1 aromatic rings. The van der Waals surface area contributed by atoms with Crippen LogP contribution in [0.25, 0.3) is 0 Å². The molecule has 1 heterocycles. The second-order valence-electron chi connectivity index (χ2n) is 3.73. The summed E-state index contributed by atoms with van der Waals surface area (Å²) in [7, 11) is 0. The van der Waals surface area contributed by atoms with Gasteiger partial charge < -0.3 is 15.7 Å². The Morgan fingerprint density at radius 1 is 1.43 bits per heavy atom. The summed E-state index contributed by atoms with van der Waals surface area (Å²) < 4.78 is 0. The smallest absolute Gasteiger partial charge is 0.115 e. The molecule has 1 aromatic carbocycles. The molecule has 1 aliphatic heterocycles. The molecule has 0 spiro atoms. The van der Waals surface area contributed by atoms with Crippen LogP contribution in [-0.4, -0.2) is 30.8 Å². The van der Waals surface area contributed by atoms with Crippen molar-refractivity contribution in [2.45, 2.75) is 12.5 Å². The van der Waals surface area contributed by atoms with Gasteiger partial charge in [-0.25, -0.2) is 0 Å². The van der Waals surface area contributed by atoms with Crippen molar-refractivity contribution in [3.63, 3.8) is 0 Å². The maximum atomic E-state index is 9.25. The van der Waals surface area contributed by atoms with E-state index >= 15 is 0 Å². The van der Waals surface area contributed by atoms with E-state index in [0.717, 1.165) is 26.1 Å². The number of hydrogen-bond acceptors (Lipinski definition) is 3. The summed E-state index contributed by atoms with van der Waals surface area (Å²) in [6.07, 6.45) is 0.977. The average Bonchev–Trinajstić information content (AvgIpc) is 2.09. The van der Waals surface area contributed by atoms with Crippen molar-refractivity contribution in [2.75, 3.05) is 19.6 Å². The molecule has 3 N–H and O–H groups in total. The first-order chi connectivity index (χ1) is 6.84. The fraction of sp³-hybridized carbons (Fsp3) is 0.455. The Labute approximate surface area is 84.1 Å². The van der Waals surface area contributed by atoms with Gasteiger partial charge in [0.15, 0.2) is 0 Å². The summed E-state index contributed by atoms with van der Waals surface area (Å²) in [6, 6.07) is 8.09. The van der Waals surface area contributed by atoms with Crippen molar-refractivity contribution in [3.05, 3.63) is 29.8 Å². The van der Waals surface area contributed by atoms with Crippen LogP contribution in [0.4, 0.5) is 0 Å². The largest absolute Gasteiger partial charge is 0.508 e. The van der Waals surface area contributed by atoms with Gasteiger partial charge in [0, 0.05) is 19.1 Å². The highest BCUT2D eigenvalue weighted by Gasteiger charge is 2.14. The van der Waals surface area contributed by atoms with Crippen molar-refractivity contribution in [1.82, 2.24) is 10.6 Å². The molecular weight excluding hydrogens is 176 g/mol. The first-order valence-corrected chi connectivity index (χ1v) is 5.06. The van der Waals surface area contributed by atoms with E-state index < -0.39 is 0 Å². The number of phenolic OH excluding ortho intramolecular Hbond substituents is 1. The van der Waals surface area contributed by atoms with E-state index in [0.29, 0.717) is 11.8 Å². The van der Waals surface area contributed by atoms with Gasteiger partial charge in [-0.2, -0.15) is 0 Å². The zero-order valence-corrected chi connectivity index (χ0v) is 8.16. The second kappa shape index (κ2) is 4.44. The number of phenols is 1. The van der Waals surface area contributed by atoms with Crippen LogP contribution >= 0.6 is 0 Å². The minimum Gasteiger partial charge on any atom is -0.508 e. The Bertz CT molecular complexity index is 297. The summed E-state index contributed by atoms with van der Waals surface area (Å²) in [4.78, 5) is 0. The SMILES string of the molecule is Oc1cccc(CCNC2CNC2)c1. The van der Waals surface area contributed by atoms with Gasteiger partial charge in [-0.3, -0.25) is 0 Å². The Morgan fingerprint density at radius 2 is 2.29 bits per heavy atom. The molecule has 0 radical (unpaired) electrons. The van der Waals surface area contributed by atoms with Crippen molar-refractivity contribution in [2.24, 2.45) is 0 Å². The molecule has 0 unspecified atom stereocenters. The topological polar surface area (TPSA) is 44.3 Å². The van der Waals surface area contributed by atoms with E-state index in [9.17, 15) is 5.11 Å². The lowest BCUT2D eigenvalue weighted by Crippen LogP contribution is -2.55. The molecule has 3 nitrogen and oxygen atoms in total. The van der Waals surface area contributed by atoms with Crippen LogP contribution in [0.2, 0.25) is 0 Å². The van der Waals surface area contributed by atoms with Crippen LogP contribution in [0.15, 0.2) is 24.3 Å². The maximum absolute atomic E-state index is 9.25. The number of hydrogen-bond donors (Lipinski definition) is 3. The van der Waals surface area contributed by atoms with Crippen molar-refractivity contribution >= 4 is 0 Å². The van der Waals surface area contributed by atoms with Gasteiger partial charge in [-0.15, -0.1) is 0 Å². The summed E-state index contributed by atoms with van der Waals surface area (Å²) in [5.74, 6) is 0.354. The molecule has 14 heavy (non-hydrogen) atoms. The van der Waals surface area contributed by atoms with E-state index in [4.69, 9.17) is 0 Å². The minimum absolute atomic E-state index is 0.354. The molecular formula is C11H16N2O. The molecule has 2 rings (SSSR count). The third kappa shape index (κ3) is 2.47. The minimum atomic E-state index is 0.354. The molecule has 1 saturated heterocycles. The first-order valence-electron chi connectivity index (χ1n) is 5.06. The van der Waals surface area contributed by atoms with Gasteiger partial charge in [0.2, 0.25) is 0 Å². The zero-order chi connectivity index (χ0) is 9.80. The Kier molecular flexibility index (Phi) is 3.01. The van der Waals surface area contributed by atoms with Gasteiger partial charge in [-0.1, -0.05) is 12.1 Å². The van der Waals surface area contributed by atoms with Crippen molar-refractivity contribution in [3.8, 4) is 5.75 Å². The van der Waals surface area contributed by atoms with Gasteiger partial charge in [-0.05, 0) is 30.7 Å². The number of aromatic hydroxyl groups is 1. The maximum Gasteiger partial charge on any atom is 0.115 e. The lowest BCUT2D eigenvalue weighted by molar-refractivity contribution is 0.369. The summed E-state index contributed by atoms with van der Waals surface area (Å²) >= 11 is 0. The van der Waals surface area contributed by atoms with E-state index in [1.165, 1.54) is 5.56 Å². The predicted molar refractivity (Wildman–Crippen MR) is 56.5 cm³/mol. The fourth-order valence-electron chi connectivity index (χ4n) is 1.57. The lowest BCUT2D eigenvalue weighted by atomic mass is 10.1. The highest BCUT2D eigenvalue weighted by molar-refractivity contribution is 5.27. The highest BCUT2D eigenvalue weighted by atomic mass is 16.3. The highest BCUT2D eigenvalue weighted by Crippen LogP contribution is 2.10. The van der Waals surface area contributed by atoms with Gasteiger partial charge in [0.1, 0.15) is 5.75 Å². The van der Waals surface area contributed by atoms with Crippen LogP contribution in [0.3, 0.4) is 0 Å². The third-order valence-corrected chi connectivity index (χ3v) is 2.54.